The fraction of sp³-hybridized carbons (Fsp3) is 0.950. The van der Waals surface area contributed by atoms with Crippen molar-refractivity contribution in [2.75, 3.05) is 59.9 Å². The average Bonchev–Trinajstić information content (AvgIpc) is 2.65. The predicted octanol–water partition coefficient (Wildman–Crippen LogP) is 3.25. The van der Waals surface area contributed by atoms with Crippen LogP contribution < -0.4 is 5.32 Å². The van der Waals surface area contributed by atoms with Crippen LogP contribution in [0.15, 0.2) is 4.99 Å². The van der Waals surface area contributed by atoms with E-state index >= 15 is 0 Å². The molecule has 0 aromatic carbocycles. The molecule has 0 aromatic heterocycles. The molecule has 0 bridgehead atoms. The molecule has 154 valence electrons. The van der Waals surface area contributed by atoms with E-state index in [0.717, 1.165) is 25.6 Å². The van der Waals surface area contributed by atoms with Gasteiger partial charge in [-0.15, -0.1) is 24.0 Å². The Hall–Kier alpha value is -0.0800. The first-order valence-electron chi connectivity index (χ1n) is 10.5. The minimum Gasteiger partial charge on any atom is -0.357 e. The minimum absolute atomic E-state index is 0. The number of halogens is 1. The van der Waals surface area contributed by atoms with Gasteiger partial charge in [-0.25, -0.2) is 0 Å². The summed E-state index contributed by atoms with van der Waals surface area (Å²) >= 11 is 0. The summed E-state index contributed by atoms with van der Waals surface area (Å²) in [7, 11) is 4.44. The second-order valence-corrected chi connectivity index (χ2v) is 8.02. The van der Waals surface area contributed by atoms with Gasteiger partial charge in [-0.05, 0) is 72.3 Å². The SMILES string of the molecule is CCCCN(C)C(=NCC1(N2CCCCC2)CCN(C)CC1)NCC.I. The highest BCUT2D eigenvalue weighted by Gasteiger charge is 2.39. The Labute approximate surface area is 179 Å². The van der Waals surface area contributed by atoms with Crippen molar-refractivity contribution in [2.24, 2.45) is 4.99 Å². The molecule has 2 aliphatic rings. The van der Waals surface area contributed by atoms with Crippen LogP contribution in [-0.2, 0) is 0 Å². The number of piperidine rings is 2. The molecule has 5 nitrogen and oxygen atoms in total. The van der Waals surface area contributed by atoms with Crippen LogP contribution in [0.2, 0.25) is 0 Å². The highest BCUT2D eigenvalue weighted by atomic mass is 127. The quantitative estimate of drug-likeness (QED) is 0.346. The molecule has 6 heteroatoms. The Balaban J connectivity index is 0.00000338. The lowest BCUT2D eigenvalue weighted by Gasteiger charge is -2.49. The Morgan fingerprint density at radius 1 is 1.08 bits per heavy atom. The highest BCUT2D eigenvalue weighted by molar-refractivity contribution is 14.0. The monoisotopic (exact) mass is 479 g/mol. The molecule has 0 atom stereocenters. The first kappa shape index (κ1) is 24.0. The fourth-order valence-corrected chi connectivity index (χ4v) is 4.17. The van der Waals surface area contributed by atoms with Crippen LogP contribution in [0.5, 0.6) is 0 Å². The van der Waals surface area contributed by atoms with E-state index < -0.39 is 0 Å². The smallest absolute Gasteiger partial charge is 0.193 e. The molecule has 2 saturated heterocycles. The fourth-order valence-electron chi connectivity index (χ4n) is 4.17. The maximum Gasteiger partial charge on any atom is 0.193 e. The lowest BCUT2D eigenvalue weighted by Crippen LogP contribution is -2.58. The number of rotatable bonds is 7. The summed E-state index contributed by atoms with van der Waals surface area (Å²) in [6.07, 6.45) is 9.08. The molecule has 0 radical (unpaired) electrons. The number of likely N-dealkylation sites (tertiary alicyclic amines) is 2. The third-order valence-electron chi connectivity index (χ3n) is 6.01. The number of nitrogens with zero attached hydrogens (tertiary/aromatic N) is 4. The summed E-state index contributed by atoms with van der Waals surface area (Å²) in [5.41, 5.74) is 0.277. The summed E-state index contributed by atoms with van der Waals surface area (Å²) in [5.74, 6) is 1.09. The first-order valence-corrected chi connectivity index (χ1v) is 10.5. The van der Waals surface area contributed by atoms with Gasteiger partial charge in [0.2, 0.25) is 0 Å². The molecule has 26 heavy (non-hydrogen) atoms. The molecule has 2 rings (SSSR count). The van der Waals surface area contributed by atoms with E-state index in [1.54, 1.807) is 0 Å². The molecule has 0 aromatic rings. The van der Waals surface area contributed by atoms with Gasteiger partial charge in [0.1, 0.15) is 0 Å². The molecule has 0 amide bonds. The van der Waals surface area contributed by atoms with Crippen molar-refractivity contribution in [1.82, 2.24) is 20.0 Å². The van der Waals surface area contributed by atoms with Crippen molar-refractivity contribution in [3.05, 3.63) is 0 Å². The van der Waals surface area contributed by atoms with Crippen molar-refractivity contribution in [3.8, 4) is 0 Å². The summed E-state index contributed by atoms with van der Waals surface area (Å²) in [6, 6.07) is 0. The summed E-state index contributed by atoms with van der Waals surface area (Å²) in [4.78, 5) is 12.7. The molecule has 2 aliphatic heterocycles. The van der Waals surface area contributed by atoms with Crippen molar-refractivity contribution in [1.29, 1.82) is 0 Å². The topological polar surface area (TPSA) is 34.1 Å². The van der Waals surface area contributed by atoms with Gasteiger partial charge in [0.25, 0.3) is 0 Å². The molecular weight excluding hydrogens is 437 g/mol. The van der Waals surface area contributed by atoms with E-state index in [0.29, 0.717) is 0 Å². The van der Waals surface area contributed by atoms with E-state index in [1.807, 2.05) is 0 Å². The van der Waals surface area contributed by atoms with Crippen LogP contribution in [0.1, 0.15) is 58.8 Å². The Morgan fingerprint density at radius 3 is 2.31 bits per heavy atom. The van der Waals surface area contributed by atoms with Crippen molar-refractivity contribution >= 4 is 29.9 Å². The number of hydrogen-bond acceptors (Lipinski definition) is 3. The Morgan fingerprint density at radius 2 is 1.73 bits per heavy atom. The molecule has 0 saturated carbocycles. The van der Waals surface area contributed by atoms with E-state index in [4.69, 9.17) is 4.99 Å². The van der Waals surface area contributed by atoms with Gasteiger partial charge in [0.05, 0.1) is 6.54 Å². The van der Waals surface area contributed by atoms with Gasteiger partial charge in [-0.3, -0.25) is 9.89 Å². The maximum absolute atomic E-state index is 5.13. The number of guanidine groups is 1. The van der Waals surface area contributed by atoms with Gasteiger partial charge >= 0.3 is 0 Å². The van der Waals surface area contributed by atoms with E-state index in [1.165, 1.54) is 71.1 Å². The lowest BCUT2D eigenvalue weighted by atomic mass is 9.84. The van der Waals surface area contributed by atoms with Crippen LogP contribution in [0.25, 0.3) is 0 Å². The van der Waals surface area contributed by atoms with E-state index in [-0.39, 0.29) is 29.5 Å². The van der Waals surface area contributed by atoms with Gasteiger partial charge in [0.15, 0.2) is 5.96 Å². The Kier molecular flexibility index (Phi) is 11.4. The zero-order chi connectivity index (χ0) is 18.1. The molecule has 1 N–H and O–H groups in total. The third kappa shape index (κ3) is 6.82. The van der Waals surface area contributed by atoms with E-state index in [9.17, 15) is 0 Å². The van der Waals surface area contributed by atoms with Crippen LogP contribution in [0.3, 0.4) is 0 Å². The van der Waals surface area contributed by atoms with Crippen LogP contribution in [-0.4, -0.2) is 86.1 Å². The van der Waals surface area contributed by atoms with Gasteiger partial charge in [0, 0.05) is 25.7 Å². The second-order valence-electron chi connectivity index (χ2n) is 8.02. The predicted molar refractivity (Wildman–Crippen MR) is 124 cm³/mol. The molecular formula is C20H42IN5. The summed E-state index contributed by atoms with van der Waals surface area (Å²) < 4.78 is 0. The number of nitrogens with one attached hydrogen (secondary N) is 1. The van der Waals surface area contributed by atoms with Crippen molar-refractivity contribution in [2.45, 2.75) is 64.3 Å². The lowest BCUT2D eigenvalue weighted by molar-refractivity contribution is 0.0207. The van der Waals surface area contributed by atoms with Gasteiger partial charge in [-0.2, -0.15) is 0 Å². The normalized spacial score (nSPS) is 21.9. The molecule has 0 spiro atoms. The average molecular weight is 479 g/mol. The zero-order valence-electron chi connectivity index (χ0n) is 17.6. The van der Waals surface area contributed by atoms with Crippen LogP contribution >= 0.6 is 24.0 Å². The summed E-state index contributed by atoms with van der Waals surface area (Å²) in [6.45, 7) is 12.3. The third-order valence-corrected chi connectivity index (χ3v) is 6.01. The maximum atomic E-state index is 5.13. The molecule has 0 unspecified atom stereocenters. The first-order chi connectivity index (χ1) is 12.1. The summed E-state index contributed by atoms with van der Waals surface area (Å²) in [5, 5.41) is 3.51. The highest BCUT2D eigenvalue weighted by Crippen LogP contribution is 2.31. The molecule has 0 aliphatic carbocycles. The van der Waals surface area contributed by atoms with Gasteiger partial charge < -0.3 is 15.1 Å². The largest absolute Gasteiger partial charge is 0.357 e. The van der Waals surface area contributed by atoms with Crippen molar-refractivity contribution in [3.63, 3.8) is 0 Å². The number of aliphatic imine (C=N–C) groups is 1. The molecule has 2 heterocycles. The standard InChI is InChI=1S/C20H41N5.HI/c1-5-7-13-24(4)19(21-6-2)22-18-20(11-16-23(3)17-12-20)25-14-9-8-10-15-25;/h5-18H2,1-4H3,(H,21,22);1H. The second kappa shape index (κ2) is 12.4. The van der Waals surface area contributed by atoms with Gasteiger partial charge in [-0.1, -0.05) is 19.8 Å². The van der Waals surface area contributed by atoms with Crippen molar-refractivity contribution < 1.29 is 0 Å². The minimum atomic E-state index is 0. The van der Waals surface area contributed by atoms with Crippen LogP contribution in [0.4, 0.5) is 0 Å². The number of hydrogen-bond donors (Lipinski definition) is 1. The number of unbranched alkanes of at least 4 members (excludes halogenated alkanes) is 1. The molecule has 2 fully saturated rings. The van der Waals surface area contributed by atoms with E-state index in [2.05, 4.69) is 48.0 Å². The zero-order valence-corrected chi connectivity index (χ0v) is 19.9. The van der Waals surface area contributed by atoms with Crippen LogP contribution in [0, 0.1) is 0 Å². The Bertz CT molecular complexity index is 401.